The molecule has 0 aliphatic rings. The summed E-state index contributed by atoms with van der Waals surface area (Å²) in [6.07, 6.45) is 7.28. The number of hydrogen-bond acceptors (Lipinski definition) is 3. The average Bonchev–Trinajstić information content (AvgIpc) is 2.73. The maximum absolute atomic E-state index is 5.58. The largest absolute Gasteiger partial charge is 0.497 e. The summed E-state index contributed by atoms with van der Waals surface area (Å²) in [6.45, 7) is 4.08. The second kappa shape index (κ2) is 8.41. The monoisotopic (exact) mass is 369 g/mol. The molecule has 0 amide bonds. The summed E-state index contributed by atoms with van der Waals surface area (Å²) in [7, 11) is 3.44. The van der Waals surface area contributed by atoms with E-state index in [0.717, 1.165) is 44.5 Å². The zero-order valence-electron chi connectivity index (χ0n) is 16.6. The maximum Gasteiger partial charge on any atom is 0.146 e. The molecule has 4 heteroatoms. The smallest absolute Gasteiger partial charge is 0.146 e. The molecule has 0 aliphatic heterocycles. The van der Waals surface area contributed by atoms with E-state index in [0.29, 0.717) is 0 Å². The third kappa shape index (κ3) is 3.60. The molecule has 0 atom stereocenters. The Labute approximate surface area is 165 Å². The topological polar surface area (TPSA) is 39.4 Å². The van der Waals surface area contributed by atoms with Gasteiger partial charge in [-0.3, -0.25) is 9.56 Å². The van der Waals surface area contributed by atoms with Crippen LogP contribution in [0.5, 0.6) is 5.75 Å². The summed E-state index contributed by atoms with van der Waals surface area (Å²) < 4.78 is 7.37. The van der Waals surface area contributed by atoms with E-state index in [1.807, 2.05) is 68.4 Å². The standard InChI is InChI=1S/C24H23N3O/c1-6-10-21-22(17(2)3)24(25-4)27(19-13-15-20(28-5)16-14-19)23(26-21)18-11-8-7-9-12-18/h1,7-16H,2-5H3/b21-10+,25-24?. The molecule has 0 aliphatic carbocycles. The number of ether oxygens (including phenoxy) is 1. The lowest BCUT2D eigenvalue weighted by Crippen LogP contribution is -2.48. The van der Waals surface area contributed by atoms with Crippen LogP contribution in [-0.4, -0.2) is 23.7 Å². The molecule has 0 saturated heterocycles. The Balaban J connectivity index is 2.55. The summed E-state index contributed by atoms with van der Waals surface area (Å²) in [5.41, 5.74) is 3.83. The highest BCUT2D eigenvalue weighted by molar-refractivity contribution is 5.60. The van der Waals surface area contributed by atoms with E-state index in [4.69, 9.17) is 16.1 Å². The van der Waals surface area contributed by atoms with Gasteiger partial charge in [-0.15, -0.1) is 6.42 Å². The van der Waals surface area contributed by atoms with Gasteiger partial charge in [0, 0.05) is 29.6 Å². The quantitative estimate of drug-likeness (QED) is 0.666. The zero-order valence-corrected chi connectivity index (χ0v) is 16.6. The third-order valence-electron chi connectivity index (χ3n) is 4.42. The van der Waals surface area contributed by atoms with Gasteiger partial charge >= 0.3 is 0 Å². The highest BCUT2D eigenvalue weighted by atomic mass is 16.5. The van der Waals surface area contributed by atoms with Crippen molar-refractivity contribution in [3.63, 3.8) is 0 Å². The summed E-state index contributed by atoms with van der Waals surface area (Å²) in [4.78, 5) is 9.56. The Kier molecular flexibility index (Phi) is 5.76. The molecule has 0 unspecified atom stereocenters. The van der Waals surface area contributed by atoms with E-state index in [-0.39, 0.29) is 0 Å². The van der Waals surface area contributed by atoms with Crippen LogP contribution in [0.25, 0.3) is 28.7 Å². The first kappa shape index (κ1) is 19.2. The molecule has 1 heterocycles. The lowest BCUT2D eigenvalue weighted by Gasteiger charge is -2.16. The SMILES string of the molecule is C#C/C=c1/nc(-c2ccccc2)n(-c2ccc(OC)cc2)c(=NC)c1=C(C)C. The van der Waals surface area contributed by atoms with Gasteiger partial charge in [0.25, 0.3) is 0 Å². The lowest BCUT2D eigenvalue weighted by atomic mass is 10.1. The first-order valence-electron chi connectivity index (χ1n) is 9.00. The molecule has 3 rings (SSSR count). The molecule has 0 N–H and O–H groups in total. The number of benzene rings is 2. The van der Waals surface area contributed by atoms with Gasteiger partial charge < -0.3 is 4.74 Å². The number of nitrogens with zero attached hydrogens (tertiary/aromatic N) is 3. The molecule has 0 fully saturated rings. The van der Waals surface area contributed by atoms with Crippen molar-refractivity contribution >= 4 is 11.6 Å². The molecule has 0 radical (unpaired) electrons. The molecule has 4 nitrogen and oxygen atoms in total. The third-order valence-corrected chi connectivity index (χ3v) is 4.42. The van der Waals surface area contributed by atoms with E-state index in [2.05, 4.69) is 15.5 Å². The minimum atomic E-state index is 0.742. The highest BCUT2D eigenvalue weighted by Crippen LogP contribution is 2.19. The Morgan fingerprint density at radius 2 is 1.79 bits per heavy atom. The van der Waals surface area contributed by atoms with E-state index >= 15 is 0 Å². The Morgan fingerprint density at radius 1 is 1.11 bits per heavy atom. The number of hydrogen-bond donors (Lipinski definition) is 0. The first-order chi connectivity index (χ1) is 13.6. The van der Waals surface area contributed by atoms with Crippen LogP contribution in [-0.2, 0) is 0 Å². The average molecular weight is 369 g/mol. The minimum absolute atomic E-state index is 0.742. The maximum atomic E-state index is 5.58. The second-order valence-corrected chi connectivity index (χ2v) is 6.45. The van der Waals surface area contributed by atoms with Crippen LogP contribution in [0.1, 0.15) is 13.8 Å². The Morgan fingerprint density at radius 3 is 2.32 bits per heavy atom. The molecule has 0 saturated carbocycles. The van der Waals surface area contributed by atoms with Crippen molar-refractivity contribution in [2.45, 2.75) is 13.8 Å². The molecule has 28 heavy (non-hydrogen) atoms. The molecule has 140 valence electrons. The predicted molar refractivity (Wildman–Crippen MR) is 114 cm³/mol. The van der Waals surface area contributed by atoms with Gasteiger partial charge in [0.2, 0.25) is 0 Å². The Hall–Kier alpha value is -3.58. The van der Waals surface area contributed by atoms with E-state index in [9.17, 15) is 0 Å². The summed E-state index contributed by atoms with van der Waals surface area (Å²) in [6, 6.07) is 17.9. The van der Waals surface area contributed by atoms with Gasteiger partial charge in [0.1, 0.15) is 17.1 Å². The van der Waals surface area contributed by atoms with Crippen molar-refractivity contribution in [1.29, 1.82) is 0 Å². The van der Waals surface area contributed by atoms with Gasteiger partial charge in [-0.1, -0.05) is 41.8 Å². The van der Waals surface area contributed by atoms with Crippen LogP contribution in [0.4, 0.5) is 0 Å². The summed E-state index contributed by atoms with van der Waals surface area (Å²) >= 11 is 0. The minimum Gasteiger partial charge on any atom is -0.497 e. The Bertz CT molecular complexity index is 1210. The molecule has 3 aromatic rings. The van der Waals surface area contributed by atoms with Crippen molar-refractivity contribution in [2.24, 2.45) is 4.99 Å². The molecule has 1 aromatic heterocycles. The van der Waals surface area contributed by atoms with Gasteiger partial charge in [0.05, 0.1) is 12.5 Å². The fraction of sp³-hybridized carbons (Fsp3) is 0.167. The number of terminal acetylenes is 1. The summed E-state index contributed by atoms with van der Waals surface area (Å²) in [5, 5.41) is 1.68. The van der Waals surface area contributed by atoms with Crippen LogP contribution in [0, 0.1) is 12.3 Å². The fourth-order valence-electron chi connectivity index (χ4n) is 3.18. The molecular weight excluding hydrogens is 346 g/mol. The number of rotatable bonds is 3. The van der Waals surface area contributed by atoms with Gasteiger partial charge in [-0.2, -0.15) is 0 Å². The molecule has 2 aromatic carbocycles. The van der Waals surface area contributed by atoms with E-state index in [1.165, 1.54) is 0 Å². The predicted octanol–water partition coefficient (Wildman–Crippen LogP) is 2.68. The van der Waals surface area contributed by atoms with Crippen molar-refractivity contribution in [3.05, 3.63) is 70.7 Å². The van der Waals surface area contributed by atoms with Crippen molar-refractivity contribution in [2.75, 3.05) is 14.2 Å². The van der Waals surface area contributed by atoms with Gasteiger partial charge in [0.15, 0.2) is 0 Å². The van der Waals surface area contributed by atoms with Crippen LogP contribution in [0.2, 0.25) is 0 Å². The highest BCUT2D eigenvalue weighted by Gasteiger charge is 2.12. The first-order valence-corrected chi connectivity index (χ1v) is 9.00. The molecule has 0 bridgehead atoms. The normalized spacial score (nSPS) is 12.0. The van der Waals surface area contributed by atoms with Crippen LogP contribution < -0.4 is 20.8 Å². The van der Waals surface area contributed by atoms with E-state index in [1.54, 1.807) is 20.2 Å². The van der Waals surface area contributed by atoms with Crippen LogP contribution in [0.15, 0.2) is 59.6 Å². The van der Waals surface area contributed by atoms with Crippen LogP contribution >= 0.6 is 0 Å². The zero-order chi connectivity index (χ0) is 20.1. The van der Waals surface area contributed by atoms with Gasteiger partial charge in [-0.05, 0) is 38.1 Å². The van der Waals surface area contributed by atoms with Crippen LogP contribution in [0.3, 0.4) is 0 Å². The van der Waals surface area contributed by atoms with E-state index < -0.39 is 0 Å². The van der Waals surface area contributed by atoms with Crippen molar-refractivity contribution < 1.29 is 4.74 Å². The number of methoxy groups -OCH3 is 1. The second-order valence-electron chi connectivity index (χ2n) is 6.45. The van der Waals surface area contributed by atoms with Crippen molar-refractivity contribution in [1.82, 2.24) is 9.55 Å². The van der Waals surface area contributed by atoms with Gasteiger partial charge in [-0.25, -0.2) is 4.98 Å². The fourth-order valence-corrected chi connectivity index (χ4v) is 3.18. The lowest BCUT2D eigenvalue weighted by molar-refractivity contribution is 0.414. The summed E-state index contributed by atoms with van der Waals surface area (Å²) in [5.74, 6) is 4.19. The molecule has 0 spiro atoms. The molecular formula is C24H23N3O. The number of aromatic nitrogens is 2. The van der Waals surface area contributed by atoms with Crippen molar-refractivity contribution in [3.8, 4) is 35.2 Å².